The summed E-state index contributed by atoms with van der Waals surface area (Å²) >= 11 is 0. The molecule has 0 aliphatic carbocycles. The third kappa shape index (κ3) is 8.00. The average molecular weight is 550 g/mol. The highest BCUT2D eigenvalue weighted by Crippen LogP contribution is 2.16. The van der Waals surface area contributed by atoms with Crippen LogP contribution in [0.5, 0.6) is 0 Å². The normalized spacial score (nSPS) is 14.5. The Labute approximate surface area is 209 Å². The molecule has 0 radical (unpaired) electrons. The number of hydrogen-bond donors (Lipinski definition) is 3. The molecule has 1 aliphatic rings. The lowest BCUT2D eigenvalue weighted by atomic mass is 10.0. The van der Waals surface area contributed by atoms with Crippen molar-refractivity contribution < 1.29 is 4.79 Å². The molecular formula is C25H36IN5O. The summed E-state index contributed by atoms with van der Waals surface area (Å²) in [6.07, 6.45) is 2.18. The number of guanidine groups is 1. The standard InChI is InChI=1S/C25H35N5O.HI/c1-4-26-24(27-17-20(3)22-12-10-19(2)11-13-22)28-18-21-8-7-9-23(16-21)29-25(31)30-14-5-6-15-30;/h7-13,16,20H,4-6,14-15,17-18H2,1-3H3,(H,29,31)(H2,26,27,28);1H. The summed E-state index contributed by atoms with van der Waals surface area (Å²) < 4.78 is 0. The number of likely N-dealkylation sites (tertiary alicyclic amines) is 1. The van der Waals surface area contributed by atoms with Crippen LogP contribution in [0.25, 0.3) is 0 Å². The monoisotopic (exact) mass is 549 g/mol. The van der Waals surface area contributed by atoms with Crippen LogP contribution in [-0.4, -0.2) is 43.1 Å². The molecule has 3 N–H and O–H groups in total. The number of carbonyl (C=O) groups is 1. The Kier molecular flexibility index (Phi) is 10.8. The first kappa shape index (κ1) is 26.0. The fourth-order valence-corrected chi connectivity index (χ4v) is 3.64. The largest absolute Gasteiger partial charge is 0.357 e. The van der Waals surface area contributed by atoms with E-state index in [1.165, 1.54) is 11.1 Å². The van der Waals surface area contributed by atoms with Crippen molar-refractivity contribution in [2.75, 3.05) is 31.5 Å². The van der Waals surface area contributed by atoms with Crippen molar-refractivity contribution in [3.63, 3.8) is 0 Å². The molecule has 2 amide bonds. The van der Waals surface area contributed by atoms with Gasteiger partial charge in [0.25, 0.3) is 0 Å². The molecule has 2 aromatic rings. The highest BCUT2D eigenvalue weighted by molar-refractivity contribution is 14.0. The summed E-state index contributed by atoms with van der Waals surface area (Å²) in [7, 11) is 0. The van der Waals surface area contributed by atoms with Crippen LogP contribution in [0.1, 0.15) is 49.3 Å². The van der Waals surface area contributed by atoms with Crippen LogP contribution in [0.2, 0.25) is 0 Å². The van der Waals surface area contributed by atoms with Gasteiger partial charge in [-0.15, -0.1) is 24.0 Å². The van der Waals surface area contributed by atoms with Crippen molar-refractivity contribution in [1.29, 1.82) is 0 Å². The maximum absolute atomic E-state index is 12.3. The number of carbonyl (C=O) groups excluding carboxylic acids is 1. The Morgan fingerprint density at radius 3 is 2.50 bits per heavy atom. The van der Waals surface area contributed by atoms with Crippen molar-refractivity contribution in [2.24, 2.45) is 4.99 Å². The summed E-state index contributed by atoms with van der Waals surface area (Å²) in [4.78, 5) is 18.9. The average Bonchev–Trinajstić information content (AvgIpc) is 3.31. The van der Waals surface area contributed by atoms with E-state index in [2.05, 4.69) is 61.0 Å². The summed E-state index contributed by atoms with van der Waals surface area (Å²) in [6.45, 7) is 10.2. The molecule has 174 valence electrons. The van der Waals surface area contributed by atoms with Crippen molar-refractivity contribution >= 4 is 41.7 Å². The van der Waals surface area contributed by atoms with E-state index in [0.29, 0.717) is 12.5 Å². The number of amides is 2. The number of nitrogens with zero attached hydrogens (tertiary/aromatic N) is 2. The van der Waals surface area contributed by atoms with E-state index in [9.17, 15) is 4.79 Å². The van der Waals surface area contributed by atoms with Gasteiger partial charge >= 0.3 is 6.03 Å². The van der Waals surface area contributed by atoms with E-state index in [4.69, 9.17) is 4.99 Å². The molecule has 2 aromatic carbocycles. The van der Waals surface area contributed by atoms with Gasteiger partial charge in [-0.3, -0.25) is 0 Å². The number of hydrogen-bond acceptors (Lipinski definition) is 2. The van der Waals surface area contributed by atoms with Gasteiger partial charge in [-0.1, -0.05) is 48.9 Å². The second-order valence-electron chi connectivity index (χ2n) is 8.21. The number of benzene rings is 2. The van der Waals surface area contributed by atoms with Crippen LogP contribution in [0.4, 0.5) is 10.5 Å². The van der Waals surface area contributed by atoms with E-state index in [1.54, 1.807) is 0 Å². The lowest BCUT2D eigenvalue weighted by Crippen LogP contribution is -2.39. The molecule has 1 fully saturated rings. The molecular weight excluding hydrogens is 513 g/mol. The Morgan fingerprint density at radius 1 is 1.09 bits per heavy atom. The zero-order chi connectivity index (χ0) is 22.1. The van der Waals surface area contributed by atoms with Crippen LogP contribution in [0, 0.1) is 6.92 Å². The second-order valence-corrected chi connectivity index (χ2v) is 8.21. The van der Waals surface area contributed by atoms with Gasteiger partial charge in [-0.05, 0) is 55.9 Å². The predicted molar refractivity (Wildman–Crippen MR) is 144 cm³/mol. The molecule has 0 saturated carbocycles. The molecule has 1 unspecified atom stereocenters. The number of halogens is 1. The predicted octanol–water partition coefficient (Wildman–Crippen LogP) is 5.10. The zero-order valence-corrected chi connectivity index (χ0v) is 21.7. The molecule has 6 nitrogen and oxygen atoms in total. The van der Waals surface area contributed by atoms with Gasteiger partial charge in [0.1, 0.15) is 0 Å². The Balaban J connectivity index is 0.00000363. The van der Waals surface area contributed by atoms with Crippen molar-refractivity contribution in [3.05, 3.63) is 65.2 Å². The van der Waals surface area contributed by atoms with Crippen molar-refractivity contribution in [1.82, 2.24) is 15.5 Å². The first-order chi connectivity index (χ1) is 15.0. The van der Waals surface area contributed by atoms with Crippen LogP contribution < -0.4 is 16.0 Å². The summed E-state index contributed by atoms with van der Waals surface area (Å²) in [5.74, 6) is 1.18. The van der Waals surface area contributed by atoms with Crippen molar-refractivity contribution in [2.45, 2.75) is 46.1 Å². The van der Waals surface area contributed by atoms with E-state index >= 15 is 0 Å². The van der Waals surface area contributed by atoms with Gasteiger partial charge in [-0.2, -0.15) is 0 Å². The number of anilines is 1. The number of aryl methyl sites for hydroxylation is 1. The quantitative estimate of drug-likeness (QED) is 0.256. The molecule has 1 aliphatic heterocycles. The molecule has 1 saturated heterocycles. The molecule has 0 aromatic heterocycles. The van der Waals surface area contributed by atoms with Crippen LogP contribution in [-0.2, 0) is 6.54 Å². The SMILES string of the molecule is CCNC(=NCc1cccc(NC(=O)N2CCCC2)c1)NCC(C)c1ccc(C)cc1.I. The van der Waals surface area contributed by atoms with Gasteiger partial charge in [-0.25, -0.2) is 9.79 Å². The number of aliphatic imine (C=N–C) groups is 1. The Hall–Kier alpha value is -2.29. The van der Waals surface area contributed by atoms with Crippen LogP contribution >= 0.6 is 24.0 Å². The highest BCUT2D eigenvalue weighted by atomic mass is 127. The molecule has 0 bridgehead atoms. The van der Waals surface area contributed by atoms with Gasteiger partial charge in [0.05, 0.1) is 6.54 Å². The molecule has 3 rings (SSSR count). The molecule has 32 heavy (non-hydrogen) atoms. The van der Waals surface area contributed by atoms with Crippen LogP contribution in [0.3, 0.4) is 0 Å². The van der Waals surface area contributed by atoms with Gasteiger partial charge in [0.15, 0.2) is 5.96 Å². The highest BCUT2D eigenvalue weighted by Gasteiger charge is 2.17. The van der Waals surface area contributed by atoms with Crippen LogP contribution in [0.15, 0.2) is 53.5 Å². The third-order valence-corrected chi connectivity index (χ3v) is 5.56. The number of urea groups is 1. The minimum Gasteiger partial charge on any atom is -0.357 e. The van der Waals surface area contributed by atoms with Gasteiger partial charge < -0.3 is 20.9 Å². The molecule has 1 heterocycles. The van der Waals surface area contributed by atoms with Gasteiger partial charge in [0, 0.05) is 31.9 Å². The molecule has 7 heteroatoms. The third-order valence-electron chi connectivity index (χ3n) is 5.56. The number of nitrogens with one attached hydrogen (secondary N) is 3. The fourth-order valence-electron chi connectivity index (χ4n) is 3.64. The molecule has 1 atom stereocenters. The van der Waals surface area contributed by atoms with E-state index < -0.39 is 0 Å². The smallest absolute Gasteiger partial charge is 0.321 e. The van der Waals surface area contributed by atoms with Gasteiger partial charge in [0.2, 0.25) is 0 Å². The fraction of sp³-hybridized carbons (Fsp3) is 0.440. The minimum atomic E-state index is -0.0155. The summed E-state index contributed by atoms with van der Waals surface area (Å²) in [6, 6.07) is 16.6. The topological polar surface area (TPSA) is 68.8 Å². The second kappa shape index (κ2) is 13.3. The number of rotatable bonds is 7. The van der Waals surface area contributed by atoms with E-state index in [-0.39, 0.29) is 30.0 Å². The zero-order valence-electron chi connectivity index (χ0n) is 19.4. The summed E-state index contributed by atoms with van der Waals surface area (Å²) in [5.41, 5.74) is 4.46. The Morgan fingerprint density at radius 2 is 1.81 bits per heavy atom. The summed E-state index contributed by atoms with van der Waals surface area (Å²) in [5, 5.41) is 9.77. The van der Waals surface area contributed by atoms with Crippen molar-refractivity contribution in [3.8, 4) is 0 Å². The molecule has 0 spiro atoms. The van der Waals surface area contributed by atoms with E-state index in [0.717, 1.165) is 56.2 Å². The maximum Gasteiger partial charge on any atom is 0.321 e. The Bertz CT molecular complexity index is 878. The lowest BCUT2D eigenvalue weighted by molar-refractivity contribution is 0.222. The van der Waals surface area contributed by atoms with E-state index in [1.807, 2.05) is 29.2 Å². The minimum absolute atomic E-state index is 0. The lowest BCUT2D eigenvalue weighted by Gasteiger charge is -2.17. The first-order valence-corrected chi connectivity index (χ1v) is 11.3. The first-order valence-electron chi connectivity index (χ1n) is 11.3. The maximum atomic E-state index is 12.3.